The number of carbonyl (C=O) groups is 1. The second kappa shape index (κ2) is 10.5. The van der Waals surface area contributed by atoms with Gasteiger partial charge in [0.1, 0.15) is 0 Å². The molecule has 2 rings (SSSR count). The third-order valence-corrected chi connectivity index (χ3v) is 7.05. The van der Waals surface area contributed by atoms with Gasteiger partial charge in [-0.2, -0.15) is 4.31 Å². The number of carbonyl (C=O) groups excluding carboxylic acids is 1. The van der Waals surface area contributed by atoms with Crippen molar-refractivity contribution in [3.63, 3.8) is 0 Å². The zero-order valence-electron chi connectivity index (χ0n) is 17.6. The summed E-state index contributed by atoms with van der Waals surface area (Å²) in [4.78, 5) is 26.8. The minimum atomic E-state index is -4.24. The van der Waals surface area contributed by atoms with Gasteiger partial charge in [0.05, 0.1) is 18.1 Å². The van der Waals surface area contributed by atoms with Crippen LogP contribution in [0.5, 0.6) is 0 Å². The molecule has 1 aliphatic rings. The molecule has 0 aliphatic carbocycles. The van der Waals surface area contributed by atoms with Gasteiger partial charge in [-0.3, -0.25) is 19.8 Å². The van der Waals surface area contributed by atoms with Crippen molar-refractivity contribution in [1.29, 1.82) is 0 Å². The average molecular weight is 455 g/mol. The van der Waals surface area contributed by atoms with Crippen LogP contribution in [0.1, 0.15) is 20.8 Å². The Bertz CT molecular complexity index is 962. The molecule has 1 aliphatic heterocycles. The number of nitrogens with zero attached hydrogens (tertiary/aromatic N) is 6. The maximum Gasteiger partial charge on any atom is 0.320 e. The number of para-hydroxylation sites is 1. The fourth-order valence-electron chi connectivity index (χ4n) is 3.58. The summed E-state index contributed by atoms with van der Waals surface area (Å²) in [6, 6.07) is 4.04. The quantitative estimate of drug-likeness (QED) is 0.138. The van der Waals surface area contributed by atoms with Crippen molar-refractivity contribution in [3.8, 4) is 0 Å². The minimum Gasteiger partial charge on any atom is -0.465 e. The Kier molecular flexibility index (Phi) is 8.34. The van der Waals surface area contributed by atoms with E-state index in [1.54, 1.807) is 11.8 Å². The molecule has 0 amide bonds. The lowest BCUT2D eigenvalue weighted by Crippen LogP contribution is -2.62. The van der Waals surface area contributed by atoms with E-state index < -0.39 is 43.6 Å². The number of sulfonamides is 1. The van der Waals surface area contributed by atoms with E-state index in [1.807, 2.05) is 13.8 Å². The number of benzene rings is 1. The van der Waals surface area contributed by atoms with E-state index in [1.165, 1.54) is 22.5 Å². The molecule has 31 heavy (non-hydrogen) atoms. The van der Waals surface area contributed by atoms with Crippen LogP contribution in [0.2, 0.25) is 0 Å². The van der Waals surface area contributed by atoms with Gasteiger partial charge in [-0.05, 0) is 24.4 Å². The molecule has 1 heterocycles. The molecule has 1 aromatic rings. The normalized spacial score (nSPS) is 20.3. The van der Waals surface area contributed by atoms with Crippen molar-refractivity contribution in [2.45, 2.75) is 37.8 Å². The summed E-state index contributed by atoms with van der Waals surface area (Å²) < 4.78 is 33.2. The van der Waals surface area contributed by atoms with Gasteiger partial charge in [0.25, 0.3) is 5.69 Å². The Balaban J connectivity index is 2.47. The van der Waals surface area contributed by atoms with Gasteiger partial charge in [0, 0.05) is 42.7 Å². The Morgan fingerprint density at radius 2 is 2.06 bits per heavy atom. The SMILES string of the molecule is CCOC(=O)CN1C[C@H](C(C)C)N(S(=O)(=O)c2ccccc2[N+](=O)[O-])C[C@@H]1CN=[N+]=[N-]. The van der Waals surface area contributed by atoms with Gasteiger partial charge >= 0.3 is 5.97 Å². The zero-order valence-corrected chi connectivity index (χ0v) is 18.4. The second-order valence-corrected chi connectivity index (χ2v) is 9.27. The first-order valence-electron chi connectivity index (χ1n) is 9.79. The highest BCUT2D eigenvalue weighted by atomic mass is 32.2. The summed E-state index contributed by atoms with van der Waals surface area (Å²) in [5.74, 6) is -0.617. The van der Waals surface area contributed by atoms with Gasteiger partial charge in [-0.1, -0.05) is 31.1 Å². The largest absolute Gasteiger partial charge is 0.465 e. The van der Waals surface area contributed by atoms with E-state index in [4.69, 9.17) is 10.3 Å². The fraction of sp³-hybridized carbons (Fsp3) is 0.611. The number of azide groups is 1. The van der Waals surface area contributed by atoms with Crippen LogP contribution < -0.4 is 0 Å². The first-order valence-corrected chi connectivity index (χ1v) is 11.2. The Morgan fingerprint density at radius 1 is 1.39 bits per heavy atom. The van der Waals surface area contributed by atoms with Crippen LogP contribution in [-0.4, -0.2) is 73.4 Å². The van der Waals surface area contributed by atoms with Crippen molar-refractivity contribution >= 4 is 21.7 Å². The minimum absolute atomic E-state index is 0.0659. The Hall–Kier alpha value is -2.73. The van der Waals surface area contributed by atoms with Crippen LogP contribution in [0.15, 0.2) is 34.3 Å². The molecule has 170 valence electrons. The van der Waals surface area contributed by atoms with Crippen LogP contribution in [-0.2, 0) is 19.6 Å². The highest BCUT2D eigenvalue weighted by Gasteiger charge is 2.44. The number of rotatable bonds is 9. The van der Waals surface area contributed by atoms with Crippen LogP contribution in [0.3, 0.4) is 0 Å². The Labute approximate surface area is 180 Å². The first kappa shape index (κ1) is 24.5. The lowest BCUT2D eigenvalue weighted by molar-refractivity contribution is -0.387. The molecular formula is C18H26N6O6S. The predicted octanol–water partition coefficient (Wildman–Crippen LogP) is 2.17. The highest BCUT2D eigenvalue weighted by molar-refractivity contribution is 7.89. The smallest absolute Gasteiger partial charge is 0.320 e. The van der Waals surface area contributed by atoms with Crippen molar-refractivity contribution in [2.75, 3.05) is 32.8 Å². The molecule has 1 aromatic carbocycles. The van der Waals surface area contributed by atoms with Crippen molar-refractivity contribution in [1.82, 2.24) is 9.21 Å². The molecule has 13 heteroatoms. The van der Waals surface area contributed by atoms with Crippen molar-refractivity contribution < 1.29 is 22.9 Å². The number of hydrogen-bond acceptors (Lipinski definition) is 8. The second-order valence-electron chi connectivity index (χ2n) is 7.41. The number of nitro groups is 1. The predicted molar refractivity (Wildman–Crippen MR) is 112 cm³/mol. The monoisotopic (exact) mass is 454 g/mol. The Morgan fingerprint density at radius 3 is 2.65 bits per heavy atom. The third-order valence-electron chi connectivity index (χ3n) is 5.11. The van der Waals surface area contributed by atoms with E-state index in [0.29, 0.717) is 0 Å². The molecule has 0 aromatic heterocycles. The van der Waals surface area contributed by atoms with Crippen LogP contribution in [0.4, 0.5) is 5.69 Å². The molecule has 0 N–H and O–H groups in total. The van der Waals surface area contributed by atoms with E-state index in [0.717, 1.165) is 6.07 Å². The maximum atomic E-state index is 13.5. The molecule has 0 saturated carbocycles. The van der Waals surface area contributed by atoms with Crippen LogP contribution in [0, 0.1) is 16.0 Å². The first-order chi connectivity index (χ1) is 14.6. The molecule has 1 saturated heterocycles. The summed E-state index contributed by atoms with van der Waals surface area (Å²) in [5.41, 5.74) is 8.22. The van der Waals surface area contributed by atoms with Gasteiger partial charge in [0.15, 0.2) is 4.90 Å². The number of ether oxygens (including phenoxy) is 1. The van der Waals surface area contributed by atoms with Crippen LogP contribution >= 0.6 is 0 Å². The number of piperazine rings is 1. The van der Waals surface area contributed by atoms with E-state index >= 15 is 0 Å². The lowest BCUT2D eigenvalue weighted by Gasteiger charge is -2.46. The van der Waals surface area contributed by atoms with Crippen molar-refractivity contribution in [3.05, 3.63) is 44.8 Å². The summed E-state index contributed by atoms with van der Waals surface area (Å²) in [6.45, 7) is 5.51. The molecule has 0 spiro atoms. The summed E-state index contributed by atoms with van der Waals surface area (Å²) in [5, 5.41) is 15.0. The van der Waals surface area contributed by atoms with Gasteiger partial charge in [0.2, 0.25) is 10.0 Å². The van der Waals surface area contributed by atoms with Gasteiger partial charge in [-0.15, -0.1) is 0 Å². The van der Waals surface area contributed by atoms with E-state index in [-0.39, 0.29) is 38.7 Å². The topological polar surface area (TPSA) is 159 Å². The van der Waals surface area contributed by atoms with Crippen LogP contribution in [0.25, 0.3) is 10.4 Å². The average Bonchev–Trinajstić information content (AvgIpc) is 2.72. The zero-order chi connectivity index (χ0) is 23.2. The number of hydrogen-bond donors (Lipinski definition) is 0. The number of esters is 1. The highest BCUT2D eigenvalue weighted by Crippen LogP contribution is 2.32. The van der Waals surface area contributed by atoms with Crippen molar-refractivity contribution in [2.24, 2.45) is 11.0 Å². The number of nitro benzene ring substituents is 1. The molecular weight excluding hydrogens is 428 g/mol. The van der Waals surface area contributed by atoms with E-state index in [2.05, 4.69) is 10.0 Å². The van der Waals surface area contributed by atoms with E-state index in [9.17, 15) is 23.3 Å². The third kappa shape index (κ3) is 5.70. The summed E-state index contributed by atoms with van der Waals surface area (Å²) >= 11 is 0. The van der Waals surface area contributed by atoms with Gasteiger partial charge in [-0.25, -0.2) is 8.42 Å². The summed E-state index contributed by atoms with van der Waals surface area (Å²) in [7, 11) is -4.24. The van der Waals surface area contributed by atoms with Gasteiger partial charge < -0.3 is 4.74 Å². The molecule has 12 nitrogen and oxygen atoms in total. The maximum absolute atomic E-state index is 13.5. The fourth-order valence-corrected chi connectivity index (χ4v) is 5.53. The molecule has 0 unspecified atom stereocenters. The molecule has 0 radical (unpaired) electrons. The standard InChI is InChI=1S/C18H26N6O6S/c1-4-30-18(25)12-22-11-16(13(2)3)23(10-14(22)9-20-21-19)31(28,29)17-8-6-5-7-15(17)24(26)27/h5-8,13-14,16H,4,9-12H2,1-3H3/t14-,16+/m0/s1. The molecule has 2 atom stereocenters. The molecule has 0 bridgehead atoms. The lowest BCUT2D eigenvalue weighted by atomic mass is 9.99. The molecule has 1 fully saturated rings. The summed E-state index contributed by atoms with van der Waals surface area (Å²) in [6.07, 6.45) is 0.